The highest BCUT2D eigenvalue weighted by molar-refractivity contribution is 5.08. The van der Waals surface area contributed by atoms with Gasteiger partial charge in [-0.1, -0.05) is 57.2 Å². The van der Waals surface area contributed by atoms with Gasteiger partial charge >= 0.3 is 0 Å². The first kappa shape index (κ1) is 53.9. The van der Waals surface area contributed by atoms with E-state index in [4.69, 9.17) is 33.2 Å². The zero-order valence-electron chi connectivity index (χ0n) is 40.9. The van der Waals surface area contributed by atoms with Crippen molar-refractivity contribution in [2.45, 2.75) is 216 Å². The maximum atomic E-state index is 10.4. The monoisotopic (exact) mass is 809 g/mol. The van der Waals surface area contributed by atoms with Crippen LogP contribution < -0.4 is 0 Å². The summed E-state index contributed by atoms with van der Waals surface area (Å²) in [7, 11) is 1.76. The number of rotatable bonds is 10. The molecule has 0 aromatic rings. The maximum Gasteiger partial charge on any atom is 0.0933 e. The standard InChI is InChI=1S/C17H32O3.C16H30O3.C16H30O2/c1-12-9-10-13(11-19-16(2,3)4)15(14(12)18-8)20-17(5,6)7;1-11-8-9-12(10-18-15(2,3)4)14(13(11)17)19-16(5,6)7;1-12-8-9-13(11-17-15(2,3)4)14(10-12)18-16(5,6)7/h9-10,12-15H,11H2,1-8H3;8-9,11-14,17H,10H2,1-7H3;8-9,12-14H,10-11H2,1-7H3/t12-,13-,14+,15+;11-,12-,13+,14+;12-,13-,14-/m111/s1. The summed E-state index contributed by atoms with van der Waals surface area (Å²) in [6.07, 6.45) is 14.0. The van der Waals surface area contributed by atoms with E-state index in [1.807, 2.05) is 48.5 Å². The predicted molar refractivity (Wildman–Crippen MR) is 238 cm³/mol. The molecule has 0 saturated heterocycles. The topological polar surface area (TPSA) is 84.8 Å². The maximum absolute atomic E-state index is 10.4. The van der Waals surface area contributed by atoms with Crippen molar-refractivity contribution in [1.29, 1.82) is 0 Å². The molecule has 0 saturated carbocycles. The first-order chi connectivity index (χ1) is 25.6. The number of allylic oxidation sites excluding steroid dienone is 1. The van der Waals surface area contributed by atoms with Crippen LogP contribution >= 0.6 is 0 Å². The Labute approximate surface area is 352 Å². The average molecular weight is 809 g/mol. The minimum Gasteiger partial charge on any atom is -0.390 e. The van der Waals surface area contributed by atoms with Gasteiger partial charge in [0.05, 0.1) is 83.9 Å². The summed E-state index contributed by atoms with van der Waals surface area (Å²) in [5, 5.41) is 10.4. The van der Waals surface area contributed by atoms with Gasteiger partial charge in [0, 0.05) is 36.7 Å². The van der Waals surface area contributed by atoms with Gasteiger partial charge in [0.15, 0.2) is 0 Å². The van der Waals surface area contributed by atoms with Crippen LogP contribution in [0, 0.1) is 35.5 Å². The zero-order chi connectivity index (χ0) is 44.4. The first-order valence-electron chi connectivity index (χ1n) is 21.8. The van der Waals surface area contributed by atoms with E-state index in [1.54, 1.807) is 7.11 Å². The Kier molecular flexibility index (Phi) is 20.9. The van der Waals surface area contributed by atoms with Crippen LogP contribution in [0.25, 0.3) is 0 Å². The molecule has 0 spiro atoms. The van der Waals surface area contributed by atoms with Crippen LogP contribution in [-0.2, 0) is 33.2 Å². The highest BCUT2D eigenvalue weighted by Gasteiger charge is 2.39. The highest BCUT2D eigenvalue weighted by atomic mass is 16.6. The van der Waals surface area contributed by atoms with Gasteiger partial charge in [-0.3, -0.25) is 0 Å². The van der Waals surface area contributed by atoms with Crippen molar-refractivity contribution in [3.8, 4) is 0 Å². The second kappa shape index (κ2) is 22.1. The molecule has 0 unspecified atom stereocenters. The fraction of sp³-hybridized carbons (Fsp3) is 0.878. The zero-order valence-corrected chi connectivity index (χ0v) is 40.9. The van der Waals surface area contributed by atoms with Crippen LogP contribution in [0.3, 0.4) is 0 Å². The van der Waals surface area contributed by atoms with Gasteiger partial charge in [0.2, 0.25) is 0 Å². The first-order valence-corrected chi connectivity index (χ1v) is 21.8. The van der Waals surface area contributed by atoms with Crippen molar-refractivity contribution in [2.75, 3.05) is 26.9 Å². The van der Waals surface area contributed by atoms with E-state index in [0.29, 0.717) is 31.0 Å². The SMILES string of the molecule is CO[C@@H]1[C@@H](OC(C)(C)C)[C@@H](COC(C)(C)C)C=C[C@H]1C.C[C@@H]1C=C[C@H](COC(C)(C)C)[C@H](OC(C)(C)C)C1.C[C@@H]1C=C[C@H](COC(C)(C)C)[C@H](OC(C)(C)C)[C@H]1O. The minimum absolute atomic E-state index is 0.0300. The van der Waals surface area contributed by atoms with E-state index in [9.17, 15) is 5.11 Å². The molecule has 0 amide bonds. The van der Waals surface area contributed by atoms with E-state index in [-0.39, 0.29) is 75.8 Å². The van der Waals surface area contributed by atoms with Crippen molar-refractivity contribution in [3.63, 3.8) is 0 Å². The summed E-state index contributed by atoms with van der Waals surface area (Å²) in [6, 6.07) is 0. The highest BCUT2D eigenvalue weighted by Crippen LogP contribution is 2.33. The van der Waals surface area contributed by atoms with Gasteiger partial charge in [-0.2, -0.15) is 0 Å². The van der Waals surface area contributed by atoms with E-state index in [2.05, 4.69) is 133 Å². The molecular weight excluding hydrogens is 717 g/mol. The fourth-order valence-corrected chi connectivity index (χ4v) is 6.82. The van der Waals surface area contributed by atoms with Crippen LogP contribution in [0.5, 0.6) is 0 Å². The predicted octanol–water partition coefficient (Wildman–Crippen LogP) is 11.2. The molecule has 8 nitrogen and oxygen atoms in total. The summed E-state index contributed by atoms with van der Waals surface area (Å²) in [5.74, 6) is 1.79. The Morgan fingerprint density at radius 1 is 0.439 bits per heavy atom. The van der Waals surface area contributed by atoms with Crippen LogP contribution in [-0.4, -0.2) is 96.2 Å². The summed E-state index contributed by atoms with van der Waals surface area (Å²) >= 11 is 0. The molecule has 0 aromatic heterocycles. The lowest BCUT2D eigenvalue weighted by Gasteiger charge is -2.41. The molecule has 3 rings (SSSR count). The summed E-state index contributed by atoms with van der Waals surface area (Å²) < 4.78 is 41.9. The number of methoxy groups -OCH3 is 1. The van der Waals surface area contributed by atoms with E-state index in [1.165, 1.54) is 0 Å². The van der Waals surface area contributed by atoms with Crippen molar-refractivity contribution in [1.82, 2.24) is 0 Å². The summed E-state index contributed by atoms with van der Waals surface area (Å²) in [4.78, 5) is 0. The lowest BCUT2D eigenvalue weighted by Crippen LogP contribution is -2.48. The van der Waals surface area contributed by atoms with Crippen molar-refractivity contribution >= 4 is 0 Å². The molecule has 0 heterocycles. The molecule has 8 heteroatoms. The van der Waals surface area contributed by atoms with Gasteiger partial charge in [-0.15, -0.1) is 0 Å². The van der Waals surface area contributed by atoms with E-state index >= 15 is 0 Å². The third-order valence-electron chi connectivity index (χ3n) is 9.54. The molecule has 57 heavy (non-hydrogen) atoms. The van der Waals surface area contributed by atoms with E-state index < -0.39 is 6.10 Å². The Balaban J connectivity index is 0.000000428. The Morgan fingerprint density at radius 3 is 1.21 bits per heavy atom. The van der Waals surface area contributed by atoms with Crippen LogP contribution in [0.15, 0.2) is 36.5 Å². The fourth-order valence-electron chi connectivity index (χ4n) is 6.82. The smallest absolute Gasteiger partial charge is 0.0933 e. The molecule has 0 bridgehead atoms. The minimum atomic E-state index is -0.474. The molecule has 0 aliphatic heterocycles. The largest absolute Gasteiger partial charge is 0.390 e. The number of aliphatic hydroxyl groups is 1. The summed E-state index contributed by atoms with van der Waals surface area (Å²) in [6.45, 7) is 45.7. The van der Waals surface area contributed by atoms with E-state index in [0.717, 1.165) is 13.0 Å². The van der Waals surface area contributed by atoms with Gasteiger partial charge in [0.1, 0.15) is 0 Å². The van der Waals surface area contributed by atoms with Crippen molar-refractivity contribution in [3.05, 3.63) is 36.5 Å². The average Bonchev–Trinajstić information content (AvgIpc) is 2.99. The lowest BCUT2D eigenvalue weighted by molar-refractivity contribution is -0.162. The Bertz CT molecular complexity index is 1210. The normalized spacial score (nSPS) is 31.3. The van der Waals surface area contributed by atoms with Crippen LogP contribution in [0.4, 0.5) is 0 Å². The number of hydrogen-bond donors (Lipinski definition) is 1. The van der Waals surface area contributed by atoms with Crippen LogP contribution in [0.2, 0.25) is 0 Å². The molecule has 0 fully saturated rings. The second-order valence-electron chi connectivity index (χ2n) is 22.7. The van der Waals surface area contributed by atoms with Crippen molar-refractivity contribution in [2.24, 2.45) is 35.5 Å². The third kappa shape index (κ3) is 23.5. The van der Waals surface area contributed by atoms with Crippen molar-refractivity contribution < 1.29 is 38.3 Å². The molecule has 0 aromatic carbocycles. The number of ether oxygens (including phenoxy) is 7. The third-order valence-corrected chi connectivity index (χ3v) is 9.54. The summed E-state index contributed by atoms with van der Waals surface area (Å²) in [5.41, 5.74) is -0.929. The van der Waals surface area contributed by atoms with Gasteiger partial charge in [-0.25, -0.2) is 0 Å². The molecule has 0 radical (unpaired) electrons. The molecule has 336 valence electrons. The quantitative estimate of drug-likeness (QED) is 0.218. The lowest BCUT2D eigenvalue weighted by atomic mass is 9.84. The molecule has 3 aliphatic carbocycles. The Hall–Kier alpha value is -1.10. The molecular formula is C49H92O8. The Morgan fingerprint density at radius 2 is 0.807 bits per heavy atom. The van der Waals surface area contributed by atoms with Gasteiger partial charge in [0.25, 0.3) is 0 Å². The second-order valence-corrected chi connectivity index (χ2v) is 22.7. The number of aliphatic hydroxyl groups excluding tert-OH is 1. The molecule has 3 aliphatic rings. The van der Waals surface area contributed by atoms with Crippen LogP contribution in [0.1, 0.15) is 152 Å². The van der Waals surface area contributed by atoms with Gasteiger partial charge in [-0.05, 0) is 137 Å². The molecule has 11 atom stereocenters. The molecule has 1 N–H and O–H groups in total. The van der Waals surface area contributed by atoms with Gasteiger partial charge < -0.3 is 38.3 Å². The number of hydrogen-bond acceptors (Lipinski definition) is 8.